The summed E-state index contributed by atoms with van der Waals surface area (Å²) in [6.45, 7) is 1.72. The van der Waals surface area contributed by atoms with Crippen molar-refractivity contribution in [3.8, 4) is 16.9 Å². The molecule has 0 spiro atoms. The number of nitrogens with zero attached hydrogens (tertiary/aromatic N) is 2. The quantitative estimate of drug-likeness (QED) is 0.502. The number of carbonyl (C=O) groups excluding carboxylic acids is 2. The number of aldehydes is 1. The molecule has 0 saturated heterocycles. The van der Waals surface area contributed by atoms with E-state index in [4.69, 9.17) is 4.74 Å². The van der Waals surface area contributed by atoms with E-state index in [9.17, 15) is 9.59 Å². The number of rotatable bonds is 6. The second kappa shape index (κ2) is 8.82. The lowest BCUT2D eigenvalue weighted by atomic mass is 9.84. The predicted molar refractivity (Wildman–Crippen MR) is 119 cm³/mol. The van der Waals surface area contributed by atoms with Crippen molar-refractivity contribution in [1.29, 1.82) is 0 Å². The topological polar surface area (TPSA) is 59.0 Å². The van der Waals surface area contributed by atoms with E-state index in [1.165, 1.54) is 37.1 Å². The van der Waals surface area contributed by atoms with Gasteiger partial charge in [-0.2, -0.15) is 10.1 Å². The summed E-state index contributed by atoms with van der Waals surface area (Å²) in [5.41, 5.74) is 4.28. The first-order valence-corrected chi connectivity index (χ1v) is 10.7. The molecule has 0 N–H and O–H groups in total. The van der Waals surface area contributed by atoms with Crippen LogP contribution in [0.5, 0.6) is 5.75 Å². The van der Waals surface area contributed by atoms with Crippen molar-refractivity contribution >= 4 is 23.6 Å². The maximum absolute atomic E-state index is 12.8. The predicted octanol–water partition coefficient (Wildman–Crippen LogP) is 5.02. The fraction of sp³-hybridized carbons (Fsp3) is 0.400. The van der Waals surface area contributed by atoms with Crippen LogP contribution in [-0.2, 0) is 16.0 Å². The van der Waals surface area contributed by atoms with Gasteiger partial charge < -0.3 is 9.53 Å². The molecule has 1 heterocycles. The lowest BCUT2D eigenvalue weighted by Gasteiger charge is -2.25. The maximum atomic E-state index is 12.8. The van der Waals surface area contributed by atoms with E-state index in [0.717, 1.165) is 28.9 Å². The number of carbonyl (C=O) groups is 2. The van der Waals surface area contributed by atoms with Gasteiger partial charge in [-0.05, 0) is 42.5 Å². The molecule has 5 heteroatoms. The number of methoxy groups -OCH3 is 1. The molecule has 30 heavy (non-hydrogen) atoms. The Morgan fingerprint density at radius 3 is 2.50 bits per heavy atom. The van der Waals surface area contributed by atoms with Crippen LogP contribution >= 0.6 is 0 Å². The van der Waals surface area contributed by atoms with Crippen molar-refractivity contribution < 1.29 is 14.3 Å². The summed E-state index contributed by atoms with van der Waals surface area (Å²) >= 11 is 0. The number of anilines is 1. The molecule has 0 radical (unpaired) electrons. The Hall–Kier alpha value is -2.95. The van der Waals surface area contributed by atoms with E-state index in [-0.39, 0.29) is 5.91 Å². The fourth-order valence-corrected chi connectivity index (χ4v) is 4.64. The summed E-state index contributed by atoms with van der Waals surface area (Å²) in [4.78, 5) is 24.2. The molecule has 1 amide bonds. The van der Waals surface area contributed by atoms with Crippen molar-refractivity contribution in [2.45, 2.75) is 45.4 Å². The molecular formula is C25H28N2O3. The van der Waals surface area contributed by atoms with Crippen LogP contribution in [0.4, 0.5) is 5.69 Å². The van der Waals surface area contributed by atoms with Gasteiger partial charge in [0.2, 0.25) is 0 Å². The minimum atomic E-state index is -0.797. The molecule has 1 aliphatic carbocycles. The molecule has 2 aliphatic rings. The first-order valence-electron chi connectivity index (χ1n) is 10.7. The summed E-state index contributed by atoms with van der Waals surface area (Å²) < 4.78 is 5.88. The number of amides is 1. The Morgan fingerprint density at radius 1 is 1.13 bits per heavy atom. The Labute approximate surface area is 177 Å². The average molecular weight is 405 g/mol. The molecule has 156 valence electrons. The molecule has 1 saturated carbocycles. The molecular weight excluding hydrogens is 376 g/mol. The third-order valence-electron chi connectivity index (χ3n) is 6.24. The van der Waals surface area contributed by atoms with E-state index in [1.54, 1.807) is 14.0 Å². The molecule has 1 aliphatic heterocycles. The summed E-state index contributed by atoms with van der Waals surface area (Å²) in [6.07, 6.45) is 7.89. The first kappa shape index (κ1) is 20.3. The lowest BCUT2D eigenvalue weighted by molar-refractivity contribution is -0.123. The van der Waals surface area contributed by atoms with Gasteiger partial charge in [-0.1, -0.05) is 62.4 Å². The van der Waals surface area contributed by atoms with Gasteiger partial charge in [-0.25, -0.2) is 0 Å². The zero-order valence-corrected chi connectivity index (χ0v) is 17.6. The van der Waals surface area contributed by atoms with Crippen molar-refractivity contribution in [1.82, 2.24) is 0 Å². The summed E-state index contributed by atoms with van der Waals surface area (Å²) in [7, 11) is 1.71. The van der Waals surface area contributed by atoms with Gasteiger partial charge in [-0.15, -0.1) is 0 Å². The molecule has 1 fully saturated rings. The van der Waals surface area contributed by atoms with Crippen LogP contribution in [0.25, 0.3) is 11.1 Å². The van der Waals surface area contributed by atoms with Crippen LogP contribution < -0.4 is 9.75 Å². The van der Waals surface area contributed by atoms with Gasteiger partial charge >= 0.3 is 0 Å². The van der Waals surface area contributed by atoms with Crippen LogP contribution in [0, 0.1) is 11.8 Å². The normalized spacial score (nSPS) is 19.7. The Bertz CT molecular complexity index is 962. The van der Waals surface area contributed by atoms with E-state index in [0.29, 0.717) is 23.6 Å². The molecule has 0 bridgehead atoms. The standard InChI is InChI=1S/C25H28N2O3/c1-17-23(16-28)25(29)27(26-17)21-14-20(13-18-9-5-3-6-10-18)24(30-2)22(15-21)19-11-7-4-8-12-19/h4,7-8,11-12,14-16,18,23H,3,5-6,9-10,13H2,1-2H3. The molecule has 2 aromatic rings. The monoisotopic (exact) mass is 404 g/mol. The largest absolute Gasteiger partial charge is 0.496 e. The van der Waals surface area contributed by atoms with Crippen LogP contribution in [0.2, 0.25) is 0 Å². The van der Waals surface area contributed by atoms with Crippen molar-refractivity contribution in [3.63, 3.8) is 0 Å². The van der Waals surface area contributed by atoms with Gasteiger partial charge in [0.15, 0.2) is 0 Å². The molecule has 5 nitrogen and oxygen atoms in total. The second-order valence-corrected chi connectivity index (χ2v) is 8.27. The van der Waals surface area contributed by atoms with E-state index < -0.39 is 5.92 Å². The van der Waals surface area contributed by atoms with E-state index >= 15 is 0 Å². The highest BCUT2D eigenvalue weighted by Gasteiger charge is 2.35. The first-order chi connectivity index (χ1) is 14.6. The van der Waals surface area contributed by atoms with Gasteiger partial charge in [0.05, 0.1) is 18.5 Å². The third kappa shape index (κ3) is 3.89. The maximum Gasteiger partial charge on any atom is 0.263 e. The lowest BCUT2D eigenvalue weighted by Crippen LogP contribution is -2.28. The Morgan fingerprint density at radius 2 is 1.87 bits per heavy atom. The minimum Gasteiger partial charge on any atom is -0.496 e. The summed E-state index contributed by atoms with van der Waals surface area (Å²) in [5, 5.41) is 5.78. The molecule has 4 rings (SSSR count). The highest BCUT2D eigenvalue weighted by atomic mass is 16.5. The van der Waals surface area contributed by atoms with Crippen LogP contribution in [-0.4, -0.2) is 25.0 Å². The number of benzene rings is 2. The van der Waals surface area contributed by atoms with Gasteiger partial charge in [0.1, 0.15) is 18.0 Å². The van der Waals surface area contributed by atoms with Crippen molar-refractivity contribution in [3.05, 3.63) is 48.0 Å². The number of hydrogen-bond acceptors (Lipinski definition) is 4. The minimum absolute atomic E-state index is 0.296. The number of ether oxygens (including phenoxy) is 1. The van der Waals surface area contributed by atoms with Crippen molar-refractivity contribution in [2.75, 3.05) is 12.1 Å². The highest BCUT2D eigenvalue weighted by molar-refractivity contribution is 6.22. The average Bonchev–Trinajstić information content (AvgIpc) is 3.07. The van der Waals surface area contributed by atoms with Gasteiger partial charge in [-0.3, -0.25) is 4.79 Å². The number of hydrazone groups is 1. The number of hydrogen-bond donors (Lipinski definition) is 0. The third-order valence-corrected chi connectivity index (χ3v) is 6.24. The van der Waals surface area contributed by atoms with E-state index in [2.05, 4.69) is 5.10 Å². The van der Waals surface area contributed by atoms with Gasteiger partial charge in [0.25, 0.3) is 5.91 Å². The van der Waals surface area contributed by atoms with Crippen molar-refractivity contribution in [2.24, 2.45) is 16.9 Å². The van der Waals surface area contributed by atoms with Crippen LogP contribution in [0.15, 0.2) is 47.6 Å². The summed E-state index contributed by atoms with van der Waals surface area (Å²) in [6, 6.07) is 14.0. The fourth-order valence-electron chi connectivity index (χ4n) is 4.64. The van der Waals surface area contributed by atoms with E-state index in [1.807, 2.05) is 42.5 Å². The second-order valence-electron chi connectivity index (χ2n) is 8.27. The SMILES string of the molecule is COc1c(CC2CCCCC2)cc(N2N=C(C)C(C=O)C2=O)cc1-c1ccccc1. The van der Waals surface area contributed by atoms with Gasteiger partial charge in [0, 0.05) is 5.56 Å². The van der Waals surface area contributed by atoms with Crippen LogP contribution in [0.3, 0.4) is 0 Å². The highest BCUT2D eigenvalue weighted by Crippen LogP contribution is 2.41. The Balaban J connectivity index is 1.81. The molecule has 2 aromatic carbocycles. The summed E-state index contributed by atoms with van der Waals surface area (Å²) in [5.74, 6) is 0.382. The zero-order chi connectivity index (χ0) is 21.1. The molecule has 1 unspecified atom stereocenters. The molecule has 1 atom stereocenters. The Kier molecular flexibility index (Phi) is 5.98. The molecule has 0 aromatic heterocycles. The zero-order valence-electron chi connectivity index (χ0n) is 17.6. The van der Waals surface area contributed by atoms with Crippen LogP contribution in [0.1, 0.15) is 44.6 Å². The smallest absolute Gasteiger partial charge is 0.263 e.